The molecule has 8 unspecified atom stereocenters. The molecule has 1 aromatic heterocycles. The summed E-state index contributed by atoms with van der Waals surface area (Å²) in [6.45, 7) is 4.71. The van der Waals surface area contributed by atoms with E-state index >= 15 is 0 Å². The van der Waals surface area contributed by atoms with Crippen molar-refractivity contribution in [3.8, 4) is 58.3 Å². The number of ether oxygens (including phenoxy) is 2. The Morgan fingerprint density at radius 1 is 0.895 bits per heavy atom. The number of carbonyl (C=O) groups excluding carboxylic acids is 1. The van der Waals surface area contributed by atoms with E-state index in [1.807, 2.05) is 6.20 Å². The van der Waals surface area contributed by atoms with Crippen LogP contribution in [0.15, 0.2) is 58.8 Å². The molecule has 4 aromatic rings. The van der Waals surface area contributed by atoms with Gasteiger partial charge in [-0.05, 0) is 98.5 Å². The summed E-state index contributed by atoms with van der Waals surface area (Å²) in [5.41, 5.74) is 2.31. The second-order valence-corrected chi connectivity index (χ2v) is 16.6. The van der Waals surface area contributed by atoms with Gasteiger partial charge in [-0.1, -0.05) is 36.6 Å². The smallest absolute Gasteiger partial charge is 0.338 e. The highest BCUT2D eigenvalue weighted by molar-refractivity contribution is 5.91. The highest BCUT2D eigenvalue weighted by atomic mass is 16.6. The van der Waals surface area contributed by atoms with E-state index in [9.17, 15) is 45.6 Å². The molecular weight excluding hydrogens is 734 g/mol. The fourth-order valence-electron chi connectivity index (χ4n) is 10.6. The maximum absolute atomic E-state index is 12.7. The maximum Gasteiger partial charge on any atom is 0.338 e. The van der Waals surface area contributed by atoms with Crippen LogP contribution in [0.1, 0.15) is 91.3 Å². The number of hydrogen-bond acceptors (Lipinski definition) is 13. The third-order valence-electron chi connectivity index (χ3n) is 13.7. The molecule has 13 nitrogen and oxygen atoms in total. The SMILES string of the molecule is C#CC1(O)CCC2C3CCC4=Cc5oncc5CC4(C)C3CCC21C.O=C(OC1Cc2c(O)cc(O)cc2OC1c1ccc(O)c(O)c1)c1cc(O)c(O)c(O)c1. The molecule has 8 N–H and O–H groups in total. The van der Waals surface area contributed by atoms with Crippen molar-refractivity contribution in [3.63, 3.8) is 0 Å². The number of aromatic hydroxyl groups is 7. The molecule has 2 heterocycles. The second-order valence-electron chi connectivity index (χ2n) is 16.6. The minimum Gasteiger partial charge on any atom is -0.508 e. The first kappa shape index (κ1) is 37.9. The molecule has 13 heteroatoms. The van der Waals surface area contributed by atoms with Crippen LogP contribution in [0.3, 0.4) is 0 Å². The molecule has 0 bridgehead atoms. The third-order valence-corrected chi connectivity index (χ3v) is 13.7. The molecule has 0 saturated heterocycles. The van der Waals surface area contributed by atoms with Crippen molar-refractivity contribution in [1.29, 1.82) is 0 Å². The number of esters is 1. The summed E-state index contributed by atoms with van der Waals surface area (Å²) in [7, 11) is 0. The molecule has 57 heavy (non-hydrogen) atoms. The number of aromatic nitrogens is 1. The van der Waals surface area contributed by atoms with Crippen LogP contribution in [0.2, 0.25) is 0 Å². The fourth-order valence-corrected chi connectivity index (χ4v) is 10.6. The largest absolute Gasteiger partial charge is 0.508 e. The Bertz CT molecular complexity index is 2320. The standard InChI is InChI=1S/C22H27NO2.C22H18O10/c1-4-22(24)10-8-18-16-6-5-15-11-19-14(13-23-25-19)12-20(15,2)17(16)7-9-21(18,22)3;23-11-6-14(25)12-8-19(32-22(30)10-4-16(27)20(29)17(28)5-10)21(31-18(12)7-11)9-1-2-13(24)15(26)3-9/h1,11,13,16-18,24H,5-10,12H2,2-3H3;1-7,19,21,23-29H,8H2. The predicted octanol–water partition coefficient (Wildman–Crippen LogP) is 6.75. The van der Waals surface area contributed by atoms with Gasteiger partial charge < -0.3 is 54.8 Å². The Balaban J connectivity index is 0.000000164. The number of nitrogens with zero attached hydrogens (tertiary/aromatic N) is 1. The number of benzene rings is 3. The van der Waals surface area contributed by atoms with E-state index in [0.717, 1.165) is 62.5 Å². The van der Waals surface area contributed by atoms with Crippen LogP contribution in [-0.4, -0.2) is 63.7 Å². The van der Waals surface area contributed by atoms with Crippen LogP contribution in [0.25, 0.3) is 6.08 Å². The molecule has 9 rings (SSSR count). The zero-order valence-corrected chi connectivity index (χ0v) is 31.5. The van der Waals surface area contributed by atoms with Crippen LogP contribution >= 0.6 is 0 Å². The summed E-state index contributed by atoms with van der Waals surface area (Å²) < 4.78 is 16.8. The number of hydrogen-bond donors (Lipinski definition) is 8. The van der Waals surface area contributed by atoms with Gasteiger partial charge >= 0.3 is 5.97 Å². The summed E-state index contributed by atoms with van der Waals surface area (Å²) >= 11 is 0. The van der Waals surface area contributed by atoms with Gasteiger partial charge in [0.1, 0.15) is 29.0 Å². The van der Waals surface area contributed by atoms with E-state index in [1.54, 1.807) is 5.57 Å². The molecule has 0 radical (unpaired) electrons. The van der Waals surface area contributed by atoms with Crippen molar-refractivity contribution in [2.75, 3.05) is 0 Å². The summed E-state index contributed by atoms with van der Waals surface area (Å²) in [5.74, 6) is 1.21. The molecule has 3 saturated carbocycles. The topological polar surface area (TPSA) is 223 Å². The van der Waals surface area contributed by atoms with E-state index in [2.05, 4.69) is 31.0 Å². The van der Waals surface area contributed by atoms with Crippen molar-refractivity contribution in [1.82, 2.24) is 5.16 Å². The summed E-state index contributed by atoms with van der Waals surface area (Å²) in [6.07, 6.45) is 15.3. The summed E-state index contributed by atoms with van der Waals surface area (Å²) in [5, 5.41) is 83.3. The van der Waals surface area contributed by atoms with Crippen molar-refractivity contribution < 1.29 is 59.6 Å². The second kappa shape index (κ2) is 13.6. The lowest BCUT2D eigenvalue weighted by molar-refractivity contribution is -0.0975. The van der Waals surface area contributed by atoms with Gasteiger partial charge in [-0.15, -0.1) is 6.42 Å². The van der Waals surface area contributed by atoms with E-state index < -0.39 is 46.8 Å². The minimum absolute atomic E-state index is 0.0461. The Hall–Kier alpha value is -6.00. The van der Waals surface area contributed by atoms with Crippen molar-refractivity contribution in [2.24, 2.45) is 28.6 Å². The lowest BCUT2D eigenvalue weighted by atomic mass is 9.46. The van der Waals surface area contributed by atoms with E-state index in [-0.39, 0.29) is 51.4 Å². The number of allylic oxidation sites excluding steroid dienone is 1. The Labute approximate surface area is 328 Å². The maximum atomic E-state index is 12.7. The zero-order valence-electron chi connectivity index (χ0n) is 31.5. The van der Waals surface area contributed by atoms with Crippen LogP contribution in [0.5, 0.6) is 46.0 Å². The quantitative estimate of drug-likeness (QED) is 0.0613. The Morgan fingerprint density at radius 3 is 2.35 bits per heavy atom. The first-order chi connectivity index (χ1) is 27.0. The molecule has 0 spiro atoms. The Morgan fingerprint density at radius 2 is 1.63 bits per heavy atom. The molecule has 3 aromatic carbocycles. The first-order valence-electron chi connectivity index (χ1n) is 19.1. The fraction of sp³-hybridized carbons (Fsp3) is 0.409. The average molecular weight is 780 g/mol. The van der Waals surface area contributed by atoms with Gasteiger partial charge in [0.2, 0.25) is 0 Å². The normalized spacial score (nSPS) is 30.6. The first-order valence-corrected chi connectivity index (χ1v) is 19.1. The highest BCUT2D eigenvalue weighted by Crippen LogP contribution is 2.67. The monoisotopic (exact) mass is 779 g/mol. The van der Waals surface area contributed by atoms with Gasteiger partial charge in [0.05, 0.1) is 11.8 Å². The van der Waals surface area contributed by atoms with Crippen LogP contribution in [-0.2, 0) is 17.6 Å². The van der Waals surface area contributed by atoms with E-state index in [1.165, 1.54) is 36.2 Å². The predicted molar refractivity (Wildman–Crippen MR) is 204 cm³/mol. The van der Waals surface area contributed by atoms with Crippen LogP contribution < -0.4 is 4.74 Å². The Kier molecular flexibility index (Phi) is 9.03. The number of rotatable bonds is 3. The van der Waals surface area contributed by atoms with Gasteiger partial charge in [0.15, 0.2) is 40.6 Å². The lowest BCUT2D eigenvalue weighted by Gasteiger charge is -2.58. The molecule has 3 fully saturated rings. The molecule has 8 atom stereocenters. The van der Waals surface area contributed by atoms with Crippen molar-refractivity contribution >= 4 is 12.0 Å². The molecular formula is C44H45NO12. The molecule has 4 aliphatic carbocycles. The molecule has 0 amide bonds. The van der Waals surface area contributed by atoms with Gasteiger partial charge in [0.25, 0.3) is 0 Å². The summed E-state index contributed by atoms with van der Waals surface area (Å²) in [6, 6.07) is 8.07. The molecule has 5 aliphatic rings. The van der Waals surface area contributed by atoms with Crippen molar-refractivity contribution in [2.45, 2.75) is 83.0 Å². The van der Waals surface area contributed by atoms with E-state index in [4.69, 9.17) is 20.4 Å². The number of phenols is 7. The minimum atomic E-state index is -1.06. The van der Waals surface area contributed by atoms with Gasteiger partial charge in [-0.25, -0.2) is 4.79 Å². The van der Waals surface area contributed by atoms with Gasteiger partial charge in [-0.3, -0.25) is 0 Å². The number of aliphatic hydroxyl groups is 1. The number of carbonyl (C=O) groups is 1. The average Bonchev–Trinajstić information content (AvgIpc) is 3.74. The lowest BCUT2D eigenvalue weighted by Crippen LogP contribution is -2.54. The third kappa shape index (κ3) is 6.14. The number of terminal acetylenes is 1. The molecule has 298 valence electrons. The van der Waals surface area contributed by atoms with Crippen LogP contribution in [0, 0.1) is 40.9 Å². The molecule has 1 aliphatic heterocycles. The van der Waals surface area contributed by atoms with Gasteiger partial charge in [0, 0.05) is 40.7 Å². The van der Waals surface area contributed by atoms with Crippen LogP contribution in [0.4, 0.5) is 0 Å². The van der Waals surface area contributed by atoms with Crippen molar-refractivity contribution in [3.05, 3.63) is 82.2 Å². The highest BCUT2D eigenvalue weighted by Gasteiger charge is 2.63. The zero-order chi connectivity index (χ0) is 40.6. The number of fused-ring (bicyclic) bond motifs is 7. The number of phenolic OH excluding ortho intramolecular Hbond substituents is 7. The summed E-state index contributed by atoms with van der Waals surface area (Å²) in [4.78, 5) is 12.7. The van der Waals surface area contributed by atoms with Gasteiger partial charge in [-0.2, -0.15) is 0 Å². The van der Waals surface area contributed by atoms with E-state index in [0.29, 0.717) is 23.3 Å².